The van der Waals surface area contributed by atoms with Gasteiger partial charge in [0, 0.05) is 0 Å². The zero-order valence-electron chi connectivity index (χ0n) is 18.0. The van der Waals surface area contributed by atoms with Crippen molar-refractivity contribution in [2.75, 3.05) is 6.61 Å². The van der Waals surface area contributed by atoms with Gasteiger partial charge in [-0.15, -0.1) is 0 Å². The molecule has 0 aromatic carbocycles. The number of phosphoric acid groups is 1. The molecule has 0 spiro atoms. The van der Waals surface area contributed by atoms with Crippen molar-refractivity contribution in [3.05, 3.63) is 6.42 Å². The van der Waals surface area contributed by atoms with Gasteiger partial charge < -0.3 is 16.2 Å². The average molecular weight is 403 g/mol. The van der Waals surface area contributed by atoms with Gasteiger partial charge in [0.05, 0.1) is 6.61 Å². The van der Waals surface area contributed by atoms with Gasteiger partial charge in [-0.05, 0) is 6.42 Å². The summed E-state index contributed by atoms with van der Waals surface area (Å²) in [7, 11) is -4.25. The molecule has 26 heavy (non-hydrogen) atoms. The van der Waals surface area contributed by atoms with E-state index in [9.17, 15) is 4.57 Å². The molecule has 0 bridgehead atoms. The van der Waals surface area contributed by atoms with Gasteiger partial charge in [0.2, 0.25) is 0 Å². The molecule has 0 aliphatic heterocycles. The SMILES string of the molecule is CCCCCCCCCCCCCCCCOP(=O)(O)O.C[CH-]CC.[Na+]. The van der Waals surface area contributed by atoms with E-state index in [1.807, 2.05) is 0 Å². The molecule has 0 unspecified atom stereocenters. The molecule has 0 aromatic heterocycles. The molecule has 6 heteroatoms. The minimum Gasteiger partial charge on any atom is -0.332 e. The smallest absolute Gasteiger partial charge is 0.332 e. The average Bonchev–Trinajstić information content (AvgIpc) is 2.57. The predicted molar refractivity (Wildman–Crippen MR) is 109 cm³/mol. The summed E-state index contributed by atoms with van der Waals surface area (Å²) < 4.78 is 14.8. The fourth-order valence-electron chi connectivity index (χ4n) is 2.48. The first-order valence-electron chi connectivity index (χ1n) is 10.5. The minimum atomic E-state index is -4.25. The van der Waals surface area contributed by atoms with Crippen molar-refractivity contribution in [1.29, 1.82) is 0 Å². The summed E-state index contributed by atoms with van der Waals surface area (Å²) >= 11 is 0. The molecule has 0 aromatic rings. The minimum absolute atomic E-state index is 0. The van der Waals surface area contributed by atoms with E-state index >= 15 is 0 Å². The molecule has 0 radical (unpaired) electrons. The molecule has 154 valence electrons. The number of hydrogen-bond acceptors (Lipinski definition) is 2. The fraction of sp³-hybridized carbons (Fsp3) is 0.950. The van der Waals surface area contributed by atoms with Crippen LogP contribution in [0, 0.1) is 6.42 Å². The largest absolute Gasteiger partial charge is 1.00 e. The van der Waals surface area contributed by atoms with Gasteiger partial charge in [-0.3, -0.25) is 4.52 Å². The Labute approximate surface area is 185 Å². The fourth-order valence-corrected chi connectivity index (χ4v) is 2.85. The Hall–Kier alpha value is 1.11. The second kappa shape index (κ2) is 26.1. The van der Waals surface area contributed by atoms with E-state index in [1.165, 1.54) is 77.0 Å². The summed E-state index contributed by atoms with van der Waals surface area (Å²) in [5.74, 6) is 0. The maximum Gasteiger partial charge on any atom is 1.00 e. The van der Waals surface area contributed by atoms with Gasteiger partial charge in [-0.2, -0.15) is 13.3 Å². The van der Waals surface area contributed by atoms with E-state index in [0.717, 1.165) is 19.3 Å². The molecular formula is C20H44NaO4P. The Morgan fingerprint density at radius 2 is 1.04 bits per heavy atom. The molecular weight excluding hydrogens is 358 g/mol. The quantitative estimate of drug-likeness (QED) is 0.166. The van der Waals surface area contributed by atoms with Gasteiger partial charge in [0.15, 0.2) is 0 Å². The third kappa shape index (κ3) is 36.1. The Morgan fingerprint density at radius 3 is 1.31 bits per heavy atom. The van der Waals surface area contributed by atoms with Crippen molar-refractivity contribution < 1.29 is 48.4 Å². The number of rotatable bonds is 17. The Bertz CT molecular complexity index is 283. The van der Waals surface area contributed by atoms with Crippen molar-refractivity contribution in [3.8, 4) is 0 Å². The number of unbranched alkanes of at least 4 members (excludes halogenated alkanes) is 14. The topological polar surface area (TPSA) is 66.8 Å². The number of hydrogen-bond donors (Lipinski definition) is 2. The van der Waals surface area contributed by atoms with Crippen LogP contribution in [0.3, 0.4) is 0 Å². The molecule has 0 rings (SSSR count). The second-order valence-electron chi connectivity index (χ2n) is 6.74. The third-order valence-electron chi connectivity index (χ3n) is 4.17. The van der Waals surface area contributed by atoms with Gasteiger partial charge in [0.25, 0.3) is 0 Å². The molecule has 0 saturated heterocycles. The molecule has 0 aliphatic rings. The summed E-state index contributed by atoms with van der Waals surface area (Å²) in [6, 6.07) is 0. The van der Waals surface area contributed by atoms with Crippen LogP contribution in [0.5, 0.6) is 0 Å². The van der Waals surface area contributed by atoms with E-state index in [0.29, 0.717) is 0 Å². The van der Waals surface area contributed by atoms with Crippen molar-refractivity contribution in [1.82, 2.24) is 0 Å². The molecule has 0 saturated carbocycles. The predicted octanol–water partition coefficient (Wildman–Crippen LogP) is 4.20. The van der Waals surface area contributed by atoms with Crippen LogP contribution < -0.4 is 29.6 Å². The molecule has 0 heterocycles. The van der Waals surface area contributed by atoms with E-state index in [2.05, 4.69) is 31.7 Å². The third-order valence-corrected chi connectivity index (χ3v) is 4.68. The maximum atomic E-state index is 10.4. The van der Waals surface area contributed by atoms with Crippen LogP contribution in [0.15, 0.2) is 0 Å². The normalized spacial score (nSPS) is 10.8. The number of phosphoric ester groups is 1. The summed E-state index contributed by atoms with van der Waals surface area (Å²) in [4.78, 5) is 17.0. The monoisotopic (exact) mass is 402 g/mol. The van der Waals surface area contributed by atoms with Gasteiger partial charge in [-0.1, -0.05) is 97.3 Å². The summed E-state index contributed by atoms with van der Waals surface area (Å²) in [5, 5.41) is 0. The Kier molecular flexibility index (Phi) is 31.9. The van der Waals surface area contributed by atoms with E-state index in [-0.39, 0.29) is 36.2 Å². The summed E-state index contributed by atoms with van der Waals surface area (Å²) in [5.41, 5.74) is 0. The summed E-state index contributed by atoms with van der Waals surface area (Å²) in [6.45, 7) is 6.60. The Morgan fingerprint density at radius 1 is 0.731 bits per heavy atom. The molecule has 0 aliphatic carbocycles. The van der Waals surface area contributed by atoms with Crippen LogP contribution in [0.2, 0.25) is 0 Å². The van der Waals surface area contributed by atoms with Crippen molar-refractivity contribution >= 4 is 7.82 Å². The van der Waals surface area contributed by atoms with E-state index < -0.39 is 7.82 Å². The van der Waals surface area contributed by atoms with Crippen molar-refractivity contribution in [2.24, 2.45) is 0 Å². The first-order valence-corrected chi connectivity index (χ1v) is 12.0. The van der Waals surface area contributed by atoms with E-state index in [4.69, 9.17) is 9.79 Å². The first kappa shape index (κ1) is 31.8. The molecule has 0 amide bonds. The van der Waals surface area contributed by atoms with Gasteiger partial charge in [-0.25, -0.2) is 4.57 Å². The molecule has 4 nitrogen and oxygen atoms in total. The molecule has 2 N–H and O–H groups in total. The van der Waals surface area contributed by atoms with Crippen molar-refractivity contribution in [3.63, 3.8) is 0 Å². The summed E-state index contributed by atoms with van der Waals surface area (Å²) in [6.07, 6.45) is 21.1. The first-order chi connectivity index (χ1) is 12.0. The van der Waals surface area contributed by atoms with Crippen LogP contribution in [-0.2, 0) is 9.09 Å². The standard InChI is InChI=1S/C16H35O4P.C4H9.Na/c1-2-3-4-5-6-7-8-9-10-11-12-13-14-15-16-20-21(17,18)19;1-3-4-2;/h2-16H2,1H3,(H2,17,18,19);3H,4H2,1-2H3;/q;-1;+1. The van der Waals surface area contributed by atoms with Crippen LogP contribution in [0.4, 0.5) is 0 Å². The Balaban J connectivity index is -0.000000951. The zero-order chi connectivity index (χ0) is 19.2. The van der Waals surface area contributed by atoms with E-state index in [1.54, 1.807) is 0 Å². The second-order valence-corrected chi connectivity index (χ2v) is 7.98. The van der Waals surface area contributed by atoms with Crippen LogP contribution in [0.1, 0.15) is 117 Å². The van der Waals surface area contributed by atoms with Crippen LogP contribution in [-0.4, -0.2) is 16.4 Å². The molecule has 0 fully saturated rings. The zero-order valence-corrected chi connectivity index (χ0v) is 20.9. The van der Waals surface area contributed by atoms with Crippen LogP contribution >= 0.6 is 7.82 Å². The van der Waals surface area contributed by atoms with Crippen molar-refractivity contribution in [2.45, 2.75) is 117 Å². The maximum absolute atomic E-state index is 10.4. The van der Waals surface area contributed by atoms with Gasteiger partial charge >= 0.3 is 37.4 Å². The molecule has 0 atom stereocenters. The van der Waals surface area contributed by atoms with Crippen LogP contribution in [0.25, 0.3) is 0 Å². The van der Waals surface area contributed by atoms with Gasteiger partial charge in [0.1, 0.15) is 0 Å².